The number of rotatable bonds is 6. The highest BCUT2D eigenvalue weighted by Crippen LogP contribution is 2.19. The van der Waals surface area contributed by atoms with E-state index >= 15 is 0 Å². The maximum absolute atomic E-state index is 12.1. The van der Waals surface area contributed by atoms with E-state index in [4.69, 9.17) is 4.74 Å². The summed E-state index contributed by atoms with van der Waals surface area (Å²) in [5.74, 6) is 0.636. The molecule has 0 unspecified atom stereocenters. The lowest BCUT2D eigenvalue weighted by molar-refractivity contribution is 0.406. The molecule has 3 aromatic rings. The van der Waals surface area contributed by atoms with Crippen molar-refractivity contribution in [3.05, 3.63) is 52.8 Å². The number of benzene rings is 1. The second-order valence-corrected chi connectivity index (χ2v) is 5.59. The first kappa shape index (κ1) is 16.9. The lowest BCUT2D eigenvalue weighted by Gasteiger charge is -2.09. The van der Waals surface area contributed by atoms with Crippen LogP contribution in [0.1, 0.15) is 6.92 Å². The van der Waals surface area contributed by atoms with E-state index in [0.29, 0.717) is 23.3 Å². The zero-order valence-electron chi connectivity index (χ0n) is 13.7. The number of nitrogens with zero attached hydrogens (tertiary/aromatic N) is 5. The molecule has 0 aliphatic heterocycles. The molecule has 8 nitrogen and oxygen atoms in total. The Morgan fingerprint density at radius 3 is 2.64 bits per heavy atom. The number of ether oxygens (including phenoxy) is 1. The van der Waals surface area contributed by atoms with Crippen LogP contribution in [-0.2, 0) is 0 Å². The van der Waals surface area contributed by atoms with Crippen LogP contribution in [0.2, 0.25) is 0 Å². The molecule has 3 rings (SSSR count). The molecule has 25 heavy (non-hydrogen) atoms. The van der Waals surface area contributed by atoms with E-state index in [-0.39, 0.29) is 17.4 Å². The number of para-hydroxylation sites is 1. The van der Waals surface area contributed by atoms with Crippen LogP contribution < -0.4 is 15.6 Å². The Morgan fingerprint density at radius 2 is 1.92 bits per heavy atom. The van der Waals surface area contributed by atoms with Crippen molar-refractivity contribution in [2.45, 2.75) is 12.1 Å². The van der Waals surface area contributed by atoms with Crippen molar-refractivity contribution in [3.63, 3.8) is 0 Å². The van der Waals surface area contributed by atoms with Gasteiger partial charge in [0, 0.05) is 18.7 Å². The monoisotopic (exact) mass is 356 g/mol. The highest BCUT2D eigenvalue weighted by molar-refractivity contribution is 7.98. The van der Waals surface area contributed by atoms with Gasteiger partial charge in [0.05, 0.1) is 5.69 Å². The number of hydrogen-bond acceptors (Lipinski definition) is 8. The summed E-state index contributed by atoms with van der Waals surface area (Å²) in [5.41, 5.74) is 0.388. The SMILES string of the molecule is CCNc1nc(Oc2ccc(=O)n(-c3ccccc3)n2)nc(SC)n1. The second kappa shape index (κ2) is 7.75. The Hall–Kier alpha value is -2.94. The van der Waals surface area contributed by atoms with Crippen LogP contribution in [0.15, 0.2) is 52.4 Å². The van der Waals surface area contributed by atoms with Crippen LogP contribution >= 0.6 is 11.8 Å². The molecule has 0 amide bonds. The van der Waals surface area contributed by atoms with Crippen molar-refractivity contribution in [3.8, 4) is 17.6 Å². The fraction of sp³-hybridized carbons (Fsp3) is 0.188. The van der Waals surface area contributed by atoms with Crippen LogP contribution in [0.3, 0.4) is 0 Å². The minimum atomic E-state index is -0.257. The van der Waals surface area contributed by atoms with E-state index in [1.165, 1.54) is 28.6 Å². The van der Waals surface area contributed by atoms with Gasteiger partial charge in [-0.15, -0.1) is 5.10 Å². The van der Waals surface area contributed by atoms with E-state index in [1.54, 1.807) is 12.1 Å². The minimum absolute atomic E-state index is 0.112. The summed E-state index contributed by atoms with van der Waals surface area (Å²) in [6.07, 6.45) is 1.86. The summed E-state index contributed by atoms with van der Waals surface area (Å²) in [6.45, 7) is 2.62. The van der Waals surface area contributed by atoms with Gasteiger partial charge in [-0.3, -0.25) is 4.79 Å². The average molecular weight is 356 g/mol. The highest BCUT2D eigenvalue weighted by atomic mass is 32.2. The number of anilines is 1. The maximum Gasteiger partial charge on any atom is 0.329 e. The van der Waals surface area contributed by atoms with Crippen molar-refractivity contribution in [2.24, 2.45) is 0 Å². The predicted octanol–water partition coefficient (Wildman–Crippen LogP) is 2.36. The van der Waals surface area contributed by atoms with Gasteiger partial charge in [-0.05, 0) is 25.3 Å². The van der Waals surface area contributed by atoms with E-state index < -0.39 is 0 Å². The molecular formula is C16H16N6O2S. The molecule has 1 aromatic carbocycles. The highest BCUT2D eigenvalue weighted by Gasteiger charge is 2.10. The lowest BCUT2D eigenvalue weighted by atomic mass is 10.3. The van der Waals surface area contributed by atoms with Gasteiger partial charge in [-0.2, -0.15) is 19.6 Å². The van der Waals surface area contributed by atoms with Gasteiger partial charge >= 0.3 is 6.01 Å². The van der Waals surface area contributed by atoms with Crippen molar-refractivity contribution < 1.29 is 4.74 Å². The fourth-order valence-electron chi connectivity index (χ4n) is 2.01. The zero-order valence-corrected chi connectivity index (χ0v) is 14.5. The molecule has 2 aromatic heterocycles. The van der Waals surface area contributed by atoms with Gasteiger partial charge in [-0.25, -0.2) is 0 Å². The standard InChI is InChI=1S/C16H16N6O2S/c1-3-17-14-18-15(20-16(19-14)25-2)24-12-9-10-13(23)22(21-12)11-7-5-4-6-8-11/h4-10H,3H2,1-2H3,(H,17,18,19,20). The summed E-state index contributed by atoms with van der Waals surface area (Å²) < 4.78 is 6.90. The molecule has 128 valence electrons. The Balaban J connectivity index is 1.93. The van der Waals surface area contributed by atoms with Crippen LogP contribution in [0.25, 0.3) is 5.69 Å². The van der Waals surface area contributed by atoms with Gasteiger partial charge in [0.2, 0.25) is 11.8 Å². The first-order valence-electron chi connectivity index (χ1n) is 7.57. The number of nitrogens with one attached hydrogen (secondary N) is 1. The van der Waals surface area contributed by atoms with Crippen LogP contribution in [0.5, 0.6) is 11.9 Å². The van der Waals surface area contributed by atoms with E-state index in [2.05, 4.69) is 25.4 Å². The van der Waals surface area contributed by atoms with Crippen molar-refractivity contribution >= 4 is 17.7 Å². The third-order valence-corrected chi connectivity index (χ3v) is 3.63. The zero-order chi connectivity index (χ0) is 17.6. The van der Waals surface area contributed by atoms with Crippen LogP contribution in [-0.4, -0.2) is 37.5 Å². The van der Waals surface area contributed by atoms with Crippen molar-refractivity contribution in [1.29, 1.82) is 0 Å². The average Bonchev–Trinajstić information content (AvgIpc) is 2.64. The Labute approximate surface area is 148 Å². The fourth-order valence-corrected chi connectivity index (χ4v) is 2.36. The molecule has 0 saturated heterocycles. The molecule has 0 atom stereocenters. The van der Waals surface area contributed by atoms with Crippen LogP contribution in [0, 0.1) is 0 Å². The van der Waals surface area contributed by atoms with Gasteiger partial charge < -0.3 is 10.1 Å². The lowest BCUT2D eigenvalue weighted by Crippen LogP contribution is -2.20. The molecule has 1 N–H and O–H groups in total. The molecule has 0 spiro atoms. The molecule has 0 fully saturated rings. The number of aromatic nitrogens is 5. The molecule has 9 heteroatoms. The molecule has 0 aliphatic rings. The first-order valence-corrected chi connectivity index (χ1v) is 8.79. The third-order valence-electron chi connectivity index (χ3n) is 3.08. The number of thioether (sulfide) groups is 1. The predicted molar refractivity (Wildman–Crippen MR) is 95.7 cm³/mol. The third kappa shape index (κ3) is 4.13. The maximum atomic E-state index is 12.1. The summed E-state index contributed by atoms with van der Waals surface area (Å²) >= 11 is 1.38. The van der Waals surface area contributed by atoms with E-state index in [9.17, 15) is 4.79 Å². The second-order valence-electron chi connectivity index (χ2n) is 4.82. The molecule has 2 heterocycles. The summed E-state index contributed by atoms with van der Waals surface area (Å²) in [5, 5.41) is 7.77. The first-order chi connectivity index (χ1) is 12.2. The Bertz CT molecular complexity index is 916. The van der Waals surface area contributed by atoms with Gasteiger partial charge in [-0.1, -0.05) is 30.0 Å². The summed E-state index contributed by atoms with van der Waals surface area (Å²) in [4.78, 5) is 24.7. The van der Waals surface area contributed by atoms with E-state index in [1.807, 2.05) is 31.4 Å². The largest absolute Gasteiger partial charge is 0.403 e. The molecular weight excluding hydrogens is 340 g/mol. The molecule has 0 saturated carbocycles. The smallest absolute Gasteiger partial charge is 0.329 e. The Kier molecular flexibility index (Phi) is 5.24. The Morgan fingerprint density at radius 1 is 1.12 bits per heavy atom. The molecule has 0 aliphatic carbocycles. The summed E-state index contributed by atoms with van der Waals surface area (Å²) in [7, 11) is 0. The minimum Gasteiger partial charge on any atom is -0.403 e. The van der Waals surface area contributed by atoms with Gasteiger partial charge in [0.25, 0.3) is 5.56 Å². The van der Waals surface area contributed by atoms with Gasteiger partial charge in [0.15, 0.2) is 5.16 Å². The van der Waals surface area contributed by atoms with Crippen molar-refractivity contribution in [1.82, 2.24) is 24.7 Å². The topological polar surface area (TPSA) is 94.8 Å². The van der Waals surface area contributed by atoms with Gasteiger partial charge in [0.1, 0.15) is 0 Å². The normalized spacial score (nSPS) is 10.5. The van der Waals surface area contributed by atoms with Crippen molar-refractivity contribution in [2.75, 3.05) is 18.1 Å². The van der Waals surface area contributed by atoms with E-state index in [0.717, 1.165) is 0 Å². The number of hydrogen-bond donors (Lipinski definition) is 1. The molecule has 0 radical (unpaired) electrons. The molecule has 0 bridgehead atoms. The summed E-state index contributed by atoms with van der Waals surface area (Å²) in [6, 6.07) is 12.1. The van der Waals surface area contributed by atoms with Crippen LogP contribution in [0.4, 0.5) is 5.95 Å². The quantitative estimate of drug-likeness (QED) is 0.673.